The summed E-state index contributed by atoms with van der Waals surface area (Å²) in [6.07, 6.45) is 2.77. The summed E-state index contributed by atoms with van der Waals surface area (Å²) in [5, 5.41) is 17.9. The number of hydrogen-bond donors (Lipinski definition) is 2. The molecule has 0 spiro atoms. The van der Waals surface area contributed by atoms with Crippen molar-refractivity contribution < 1.29 is 10.2 Å². The highest BCUT2D eigenvalue weighted by Crippen LogP contribution is 2.23. The molecule has 0 saturated carbocycles. The third-order valence-electron chi connectivity index (χ3n) is 3.29. The number of pyridine rings is 1. The average Bonchev–Trinajstić information content (AvgIpc) is 2.37. The van der Waals surface area contributed by atoms with E-state index >= 15 is 0 Å². The number of hydrogen-bond acceptors (Lipinski definition) is 5. The Hall–Kier alpha value is -1.66. The normalized spacial score (nSPS) is 21.9. The van der Waals surface area contributed by atoms with Crippen LogP contribution in [0.5, 0.6) is 0 Å². The summed E-state index contributed by atoms with van der Waals surface area (Å²) >= 11 is 0. The van der Waals surface area contributed by atoms with Gasteiger partial charge in [0.2, 0.25) is 0 Å². The summed E-state index contributed by atoms with van der Waals surface area (Å²) in [4.78, 5) is 10.6. The topological polar surface area (TPSA) is 97.6 Å². The number of rotatable bonds is 3. The minimum absolute atomic E-state index is 0.145. The van der Waals surface area contributed by atoms with Crippen LogP contribution in [0.25, 0.3) is 0 Å². The molecule has 0 aromatic carbocycles. The molecule has 0 amide bonds. The van der Waals surface area contributed by atoms with Crippen molar-refractivity contribution in [3.8, 4) is 0 Å². The van der Waals surface area contributed by atoms with Crippen molar-refractivity contribution in [3.05, 3.63) is 23.4 Å². The second-order valence-electron chi connectivity index (χ2n) is 5.34. The molecule has 2 rings (SSSR count). The van der Waals surface area contributed by atoms with Gasteiger partial charge in [0, 0.05) is 19.3 Å². The Kier molecular flexibility index (Phi) is 4.57. The third-order valence-corrected chi connectivity index (χ3v) is 3.29. The fourth-order valence-electron chi connectivity index (χ4n) is 2.41. The monoisotopic (exact) mass is 279 g/mol. The molecule has 6 nitrogen and oxygen atoms in total. The lowest BCUT2D eigenvalue weighted by Crippen LogP contribution is -2.39. The fraction of sp³-hybridized carbons (Fsp3) is 0.571. The Morgan fingerprint density at radius 3 is 3.05 bits per heavy atom. The van der Waals surface area contributed by atoms with Crippen LogP contribution >= 0.6 is 0 Å². The highest BCUT2D eigenvalue weighted by Gasteiger charge is 2.24. The molecule has 2 heterocycles. The molecule has 20 heavy (non-hydrogen) atoms. The second kappa shape index (κ2) is 6.19. The first kappa shape index (κ1) is 14.7. The number of anilines is 1. The van der Waals surface area contributed by atoms with E-state index in [2.05, 4.69) is 9.98 Å². The zero-order chi connectivity index (χ0) is 14.7. The summed E-state index contributed by atoms with van der Waals surface area (Å²) < 4.78 is 0. The molecular weight excluding hydrogens is 256 g/mol. The Balaban J connectivity index is 2.37. The number of β-amino-alcohol motifs (C(OH)–C–C–N with tert-alkyl or cyclic N) is 1. The minimum Gasteiger partial charge on any atom is -0.578 e. The summed E-state index contributed by atoms with van der Waals surface area (Å²) in [7, 11) is 0. The van der Waals surface area contributed by atoms with Crippen molar-refractivity contribution in [3.63, 3.8) is 0 Å². The first-order valence-electron chi connectivity index (χ1n) is 6.92. The SMILES string of the molecule is Cc1cnc(N2CCC[C@@H](O)C2)c(/C([OH2+])=N/C(C)N)c1. The largest absolute Gasteiger partial charge is 0.578 e. The molecule has 1 saturated heterocycles. The van der Waals surface area contributed by atoms with E-state index in [-0.39, 0.29) is 12.0 Å². The van der Waals surface area contributed by atoms with E-state index in [0.717, 1.165) is 24.9 Å². The molecule has 110 valence electrons. The van der Waals surface area contributed by atoms with Crippen LogP contribution in [0.3, 0.4) is 0 Å². The van der Waals surface area contributed by atoms with E-state index in [9.17, 15) is 5.11 Å². The predicted octanol–water partition coefficient (Wildman–Crippen LogP) is 0.127. The number of aliphatic hydroxyl groups excluding tert-OH is 1. The maximum atomic E-state index is 9.80. The molecule has 1 unspecified atom stereocenters. The van der Waals surface area contributed by atoms with Gasteiger partial charge in [-0.1, -0.05) is 0 Å². The Morgan fingerprint density at radius 1 is 1.65 bits per heavy atom. The Bertz CT molecular complexity index is 502. The van der Waals surface area contributed by atoms with Crippen molar-refractivity contribution in [2.45, 2.75) is 39.0 Å². The van der Waals surface area contributed by atoms with Gasteiger partial charge in [-0.15, -0.1) is 0 Å². The number of piperidine rings is 1. The molecule has 0 aliphatic carbocycles. The van der Waals surface area contributed by atoms with Gasteiger partial charge in [-0.05, 0) is 38.3 Å². The van der Waals surface area contributed by atoms with Crippen molar-refractivity contribution in [1.82, 2.24) is 4.98 Å². The van der Waals surface area contributed by atoms with Gasteiger partial charge >= 0.3 is 5.90 Å². The summed E-state index contributed by atoms with van der Waals surface area (Å²) in [6, 6.07) is 1.90. The summed E-state index contributed by atoms with van der Waals surface area (Å²) in [5.41, 5.74) is 7.29. The van der Waals surface area contributed by atoms with E-state index in [4.69, 9.17) is 10.8 Å². The van der Waals surface area contributed by atoms with E-state index in [1.807, 2.05) is 17.9 Å². The Morgan fingerprint density at radius 2 is 2.40 bits per heavy atom. The van der Waals surface area contributed by atoms with Gasteiger partial charge in [-0.25, -0.2) is 4.98 Å². The van der Waals surface area contributed by atoms with Gasteiger partial charge in [0.15, 0.2) is 0 Å². The van der Waals surface area contributed by atoms with Crippen LogP contribution in [0.15, 0.2) is 17.3 Å². The quantitative estimate of drug-likeness (QED) is 0.467. The molecule has 0 radical (unpaired) electrons. The molecule has 5 N–H and O–H groups in total. The summed E-state index contributed by atoms with van der Waals surface area (Å²) in [5.74, 6) is 0.856. The molecule has 1 aliphatic rings. The van der Waals surface area contributed by atoms with E-state index in [1.54, 1.807) is 13.1 Å². The lowest BCUT2D eigenvalue weighted by atomic mass is 10.1. The average molecular weight is 279 g/mol. The molecule has 2 atom stereocenters. The molecule has 1 aliphatic heterocycles. The zero-order valence-electron chi connectivity index (χ0n) is 12.0. The van der Waals surface area contributed by atoms with Gasteiger partial charge in [-0.3, -0.25) is 0 Å². The van der Waals surface area contributed by atoms with Crippen LogP contribution in [0.2, 0.25) is 0 Å². The number of nitrogens with two attached hydrogens (primary N) is 1. The van der Waals surface area contributed by atoms with Crippen LogP contribution in [0.1, 0.15) is 30.9 Å². The van der Waals surface area contributed by atoms with Crippen LogP contribution in [-0.2, 0) is 0 Å². The number of aromatic nitrogens is 1. The third kappa shape index (κ3) is 3.46. The van der Waals surface area contributed by atoms with Crippen LogP contribution in [0, 0.1) is 6.92 Å². The van der Waals surface area contributed by atoms with Crippen LogP contribution < -0.4 is 10.6 Å². The second-order valence-corrected chi connectivity index (χ2v) is 5.34. The fourth-order valence-corrected chi connectivity index (χ4v) is 2.41. The molecule has 6 heteroatoms. The number of aliphatic imine (C=N–C) groups is 1. The van der Waals surface area contributed by atoms with Gasteiger partial charge in [0.05, 0.1) is 6.10 Å². The highest BCUT2D eigenvalue weighted by molar-refractivity contribution is 5.97. The van der Waals surface area contributed by atoms with Gasteiger partial charge in [0.1, 0.15) is 17.5 Å². The lowest BCUT2D eigenvalue weighted by molar-refractivity contribution is 0.154. The smallest absolute Gasteiger partial charge is 0.365 e. The first-order valence-corrected chi connectivity index (χ1v) is 6.92. The van der Waals surface area contributed by atoms with Gasteiger partial charge in [0.25, 0.3) is 0 Å². The van der Waals surface area contributed by atoms with Gasteiger partial charge < -0.3 is 20.8 Å². The lowest BCUT2D eigenvalue weighted by Gasteiger charge is -2.31. The van der Waals surface area contributed by atoms with Gasteiger partial charge in [-0.2, -0.15) is 4.99 Å². The predicted molar refractivity (Wildman–Crippen MR) is 80.2 cm³/mol. The van der Waals surface area contributed by atoms with E-state index in [1.165, 1.54) is 0 Å². The minimum atomic E-state index is -0.414. The molecule has 0 bridgehead atoms. The van der Waals surface area contributed by atoms with Crippen molar-refractivity contribution in [1.29, 1.82) is 0 Å². The standard InChI is InChI=1S/C14H22N4O2/c1-9-6-12(14(20)17-10(2)15)13(16-7-9)18-5-3-4-11(19)8-18/h6-7,10-11,19H,3-5,8,15H2,1-2H3,(H,17,20)/p+1/t10?,11-/m1/s1. The van der Waals surface area contributed by atoms with Crippen LogP contribution in [0.4, 0.5) is 5.82 Å². The molecule has 1 aromatic heterocycles. The number of aryl methyl sites for hydroxylation is 1. The maximum Gasteiger partial charge on any atom is 0.365 e. The summed E-state index contributed by atoms with van der Waals surface area (Å²) in [6.45, 7) is 5.06. The molecule has 1 fully saturated rings. The number of aliphatic hydroxyl groups is 1. The van der Waals surface area contributed by atoms with Crippen LogP contribution in [-0.4, -0.2) is 46.5 Å². The van der Waals surface area contributed by atoms with Crippen molar-refractivity contribution in [2.24, 2.45) is 10.7 Å². The van der Waals surface area contributed by atoms with Crippen molar-refractivity contribution in [2.75, 3.05) is 18.0 Å². The molecular formula is C14H23N4O2+. The van der Waals surface area contributed by atoms with E-state index in [0.29, 0.717) is 17.9 Å². The maximum absolute atomic E-state index is 9.80. The first-order chi connectivity index (χ1) is 9.47. The van der Waals surface area contributed by atoms with E-state index < -0.39 is 6.17 Å². The Labute approximate surface area is 119 Å². The number of nitrogens with zero attached hydrogens (tertiary/aromatic N) is 3. The zero-order valence-corrected chi connectivity index (χ0v) is 12.0. The highest BCUT2D eigenvalue weighted by atomic mass is 16.3. The van der Waals surface area contributed by atoms with Crippen molar-refractivity contribution >= 4 is 11.7 Å². The molecule has 1 aromatic rings.